The summed E-state index contributed by atoms with van der Waals surface area (Å²) in [6.07, 6.45) is 5.80. The first-order chi connectivity index (χ1) is 8.69. The number of carbonyl (C=O) groups is 1. The minimum absolute atomic E-state index is 0. The molecule has 0 bridgehead atoms. The molecule has 1 aliphatic heterocycles. The van der Waals surface area contributed by atoms with Crippen molar-refractivity contribution in [1.82, 2.24) is 10.3 Å². The predicted molar refractivity (Wildman–Crippen MR) is 80.8 cm³/mol. The summed E-state index contributed by atoms with van der Waals surface area (Å²) < 4.78 is 0. The molecule has 1 aromatic rings. The summed E-state index contributed by atoms with van der Waals surface area (Å²) in [6.45, 7) is 5.51. The third kappa shape index (κ3) is 6.16. The Hall–Kier alpha value is -0.940. The van der Waals surface area contributed by atoms with Crippen LogP contribution in [0, 0.1) is 5.92 Å². The predicted octanol–water partition coefficient (Wildman–Crippen LogP) is 3.36. The lowest BCUT2D eigenvalue weighted by Crippen LogP contribution is -2.26. The highest BCUT2D eigenvalue weighted by Gasteiger charge is 2.29. The van der Waals surface area contributed by atoms with Crippen LogP contribution in [0.15, 0.2) is 11.6 Å². The van der Waals surface area contributed by atoms with Gasteiger partial charge in [-0.25, -0.2) is 4.98 Å². The summed E-state index contributed by atoms with van der Waals surface area (Å²) in [6, 6.07) is 0.665. The lowest BCUT2D eigenvalue weighted by Gasteiger charge is -2.18. The van der Waals surface area contributed by atoms with E-state index >= 15 is 0 Å². The second-order valence-electron chi connectivity index (χ2n) is 4.90. The van der Waals surface area contributed by atoms with Crippen molar-refractivity contribution in [3.63, 3.8) is 0 Å². The maximum atomic E-state index is 8.36. The first kappa shape index (κ1) is 18.1. The lowest BCUT2D eigenvalue weighted by atomic mass is 9.94. The maximum absolute atomic E-state index is 8.36. The number of aromatic nitrogens is 1. The van der Waals surface area contributed by atoms with Gasteiger partial charge in [-0.1, -0.05) is 21.3 Å². The maximum Gasteiger partial charge on any atom is 0.290 e. The zero-order valence-electron chi connectivity index (χ0n) is 11.0. The molecule has 1 aliphatic rings. The monoisotopic (exact) mass is 286 g/mol. The summed E-state index contributed by atoms with van der Waals surface area (Å²) in [5, 5.41) is 13.9. The van der Waals surface area contributed by atoms with Crippen LogP contribution in [0.1, 0.15) is 51.5 Å². The standard InChI is InChI=1S/C12H20N2S.CH2O2.CH4/c1-9(2)3-4-11-10(5-6-13-11)12-14-7-8-15-12;2-1-3;/h7-11,13H,3-6H2,1-2H3;1H,(H,2,3);1H4/t10-,11?;;/m1../s1. The molecule has 0 radical (unpaired) electrons. The van der Waals surface area contributed by atoms with Crippen LogP contribution in [-0.4, -0.2) is 29.1 Å². The van der Waals surface area contributed by atoms with Gasteiger partial charge in [-0.05, 0) is 31.7 Å². The molecule has 1 fully saturated rings. The molecule has 0 spiro atoms. The van der Waals surface area contributed by atoms with Gasteiger partial charge in [0.2, 0.25) is 0 Å². The van der Waals surface area contributed by atoms with Crippen LogP contribution >= 0.6 is 11.3 Å². The van der Waals surface area contributed by atoms with Crippen molar-refractivity contribution < 1.29 is 9.90 Å². The summed E-state index contributed by atoms with van der Waals surface area (Å²) >= 11 is 1.81. The van der Waals surface area contributed by atoms with E-state index in [1.807, 2.05) is 17.5 Å². The fraction of sp³-hybridized carbons (Fsp3) is 0.714. The Morgan fingerprint density at radius 1 is 1.63 bits per heavy atom. The van der Waals surface area contributed by atoms with Gasteiger partial charge in [0.1, 0.15) is 0 Å². The first-order valence-corrected chi connectivity index (χ1v) is 7.27. The lowest BCUT2D eigenvalue weighted by molar-refractivity contribution is -0.122. The van der Waals surface area contributed by atoms with Crippen LogP contribution in [0.5, 0.6) is 0 Å². The van der Waals surface area contributed by atoms with Crippen LogP contribution in [0.2, 0.25) is 0 Å². The Morgan fingerprint density at radius 2 is 2.32 bits per heavy atom. The molecule has 0 saturated carbocycles. The number of nitrogens with one attached hydrogen (secondary N) is 1. The van der Waals surface area contributed by atoms with E-state index in [9.17, 15) is 0 Å². The molecule has 0 aliphatic carbocycles. The van der Waals surface area contributed by atoms with Gasteiger partial charge in [0.15, 0.2) is 0 Å². The molecule has 4 nitrogen and oxygen atoms in total. The second-order valence-corrected chi connectivity index (χ2v) is 5.83. The second kappa shape index (κ2) is 9.92. The Bertz CT molecular complexity index is 328. The molecule has 2 rings (SSSR count). The average Bonchev–Trinajstić information content (AvgIpc) is 2.98. The molecular formula is C14H26N2O2S. The van der Waals surface area contributed by atoms with Crippen molar-refractivity contribution in [2.75, 3.05) is 6.54 Å². The molecular weight excluding hydrogens is 260 g/mol. The number of carboxylic acid groups (broad SMARTS) is 1. The molecule has 2 atom stereocenters. The molecule has 110 valence electrons. The van der Waals surface area contributed by atoms with Gasteiger partial charge in [0.05, 0.1) is 5.01 Å². The van der Waals surface area contributed by atoms with E-state index in [0.717, 1.165) is 12.5 Å². The smallest absolute Gasteiger partial charge is 0.290 e. The zero-order valence-corrected chi connectivity index (χ0v) is 11.8. The van der Waals surface area contributed by atoms with Crippen molar-refractivity contribution >= 4 is 17.8 Å². The third-order valence-corrected chi connectivity index (χ3v) is 4.08. The number of nitrogens with zero attached hydrogens (tertiary/aromatic N) is 1. The fourth-order valence-electron chi connectivity index (χ4n) is 2.30. The molecule has 1 saturated heterocycles. The number of rotatable bonds is 4. The Balaban J connectivity index is 0.000000742. The molecule has 1 unspecified atom stereocenters. The largest absolute Gasteiger partial charge is 0.483 e. The third-order valence-electron chi connectivity index (χ3n) is 3.17. The summed E-state index contributed by atoms with van der Waals surface area (Å²) in [7, 11) is 0. The van der Waals surface area contributed by atoms with Crippen LogP contribution < -0.4 is 5.32 Å². The number of hydrogen-bond acceptors (Lipinski definition) is 4. The van der Waals surface area contributed by atoms with Gasteiger partial charge in [-0.15, -0.1) is 11.3 Å². The number of thiazole rings is 1. The van der Waals surface area contributed by atoms with Gasteiger partial charge in [-0.3, -0.25) is 4.79 Å². The van der Waals surface area contributed by atoms with Gasteiger partial charge in [-0.2, -0.15) is 0 Å². The SMILES string of the molecule is C.CC(C)CCC1NCC[C@H]1c1nccs1.O=CO. The first-order valence-electron chi connectivity index (χ1n) is 6.39. The highest BCUT2D eigenvalue weighted by atomic mass is 32.1. The van der Waals surface area contributed by atoms with E-state index in [0.29, 0.717) is 12.0 Å². The van der Waals surface area contributed by atoms with E-state index < -0.39 is 0 Å². The van der Waals surface area contributed by atoms with Crippen molar-refractivity contribution in [1.29, 1.82) is 0 Å². The van der Waals surface area contributed by atoms with Crippen LogP contribution in [-0.2, 0) is 4.79 Å². The molecule has 5 heteroatoms. The molecule has 2 heterocycles. The minimum Gasteiger partial charge on any atom is -0.483 e. The topological polar surface area (TPSA) is 62.2 Å². The van der Waals surface area contributed by atoms with E-state index in [1.54, 1.807) is 0 Å². The normalized spacial score (nSPS) is 21.4. The van der Waals surface area contributed by atoms with Crippen molar-refractivity contribution in [2.45, 2.75) is 52.5 Å². The van der Waals surface area contributed by atoms with Gasteiger partial charge in [0, 0.05) is 23.5 Å². The quantitative estimate of drug-likeness (QED) is 0.833. The molecule has 0 aromatic carbocycles. The van der Waals surface area contributed by atoms with Crippen LogP contribution in [0.3, 0.4) is 0 Å². The van der Waals surface area contributed by atoms with E-state index in [1.165, 1.54) is 24.3 Å². The molecule has 19 heavy (non-hydrogen) atoms. The highest BCUT2D eigenvalue weighted by Crippen LogP contribution is 2.31. The van der Waals surface area contributed by atoms with Crippen LogP contribution in [0.4, 0.5) is 0 Å². The van der Waals surface area contributed by atoms with Crippen molar-refractivity contribution in [3.05, 3.63) is 16.6 Å². The fourth-order valence-corrected chi connectivity index (χ4v) is 3.14. The van der Waals surface area contributed by atoms with E-state index in [-0.39, 0.29) is 13.9 Å². The van der Waals surface area contributed by atoms with Gasteiger partial charge < -0.3 is 10.4 Å². The van der Waals surface area contributed by atoms with Gasteiger partial charge >= 0.3 is 0 Å². The van der Waals surface area contributed by atoms with Crippen molar-refractivity contribution in [3.8, 4) is 0 Å². The molecule has 2 N–H and O–H groups in total. The summed E-state index contributed by atoms with van der Waals surface area (Å²) in [4.78, 5) is 12.8. The highest BCUT2D eigenvalue weighted by molar-refractivity contribution is 7.09. The summed E-state index contributed by atoms with van der Waals surface area (Å²) in [5.41, 5.74) is 0. The minimum atomic E-state index is -0.250. The van der Waals surface area contributed by atoms with Crippen molar-refractivity contribution in [2.24, 2.45) is 5.92 Å². The summed E-state index contributed by atoms with van der Waals surface area (Å²) in [5.74, 6) is 1.48. The Morgan fingerprint density at radius 3 is 2.84 bits per heavy atom. The molecule has 0 amide bonds. The van der Waals surface area contributed by atoms with Crippen LogP contribution in [0.25, 0.3) is 0 Å². The zero-order chi connectivity index (χ0) is 13.4. The van der Waals surface area contributed by atoms with Gasteiger partial charge in [0.25, 0.3) is 6.47 Å². The van der Waals surface area contributed by atoms with E-state index in [2.05, 4.69) is 29.5 Å². The average molecular weight is 286 g/mol. The Labute approximate surface area is 120 Å². The Kier molecular flexibility index (Phi) is 9.43. The van der Waals surface area contributed by atoms with E-state index in [4.69, 9.17) is 9.90 Å². The number of hydrogen-bond donors (Lipinski definition) is 2. The molecule has 1 aromatic heterocycles.